The van der Waals surface area contributed by atoms with Gasteiger partial charge in [0.25, 0.3) is 0 Å². The summed E-state index contributed by atoms with van der Waals surface area (Å²) in [6.07, 6.45) is 5.12. The second-order valence-corrected chi connectivity index (χ2v) is 3.99. The zero-order valence-electron chi connectivity index (χ0n) is 10.7. The molecule has 0 rings (SSSR count). The molecule has 0 spiro atoms. The monoisotopic (exact) mass is 226 g/mol. The number of ketones is 1. The van der Waals surface area contributed by atoms with Crippen molar-refractivity contribution in [3.05, 3.63) is 11.6 Å². The van der Waals surface area contributed by atoms with E-state index < -0.39 is 11.8 Å². The molecule has 92 valence electrons. The van der Waals surface area contributed by atoms with Crippen LogP contribution in [0.3, 0.4) is 0 Å². The van der Waals surface area contributed by atoms with Gasteiger partial charge in [0, 0.05) is 6.92 Å². The van der Waals surface area contributed by atoms with Crippen LogP contribution >= 0.6 is 0 Å². The lowest BCUT2D eigenvalue weighted by atomic mass is 10.0. The summed E-state index contributed by atoms with van der Waals surface area (Å²) in [5.41, 5.74) is 1.42. The van der Waals surface area contributed by atoms with Gasteiger partial charge in [-0.05, 0) is 25.2 Å². The fourth-order valence-electron chi connectivity index (χ4n) is 1.41. The number of hydrogen-bond donors (Lipinski definition) is 0. The van der Waals surface area contributed by atoms with Crippen LogP contribution in [0.4, 0.5) is 0 Å². The molecule has 1 unspecified atom stereocenters. The van der Waals surface area contributed by atoms with E-state index in [0.29, 0.717) is 12.5 Å². The first kappa shape index (κ1) is 14.9. The average molecular weight is 226 g/mol. The van der Waals surface area contributed by atoms with Gasteiger partial charge >= 0.3 is 5.97 Å². The second kappa shape index (κ2) is 8.08. The van der Waals surface area contributed by atoms with Gasteiger partial charge in [-0.1, -0.05) is 32.4 Å². The van der Waals surface area contributed by atoms with E-state index in [4.69, 9.17) is 4.74 Å². The van der Waals surface area contributed by atoms with Crippen molar-refractivity contribution < 1.29 is 14.3 Å². The first-order valence-electron chi connectivity index (χ1n) is 5.88. The predicted octanol–water partition coefficient (Wildman–Crippen LogP) is 2.89. The number of Topliss-reactive ketones (excluding diaryl/α,β-unsaturated/α-hetero) is 1. The van der Waals surface area contributed by atoms with Gasteiger partial charge in [0.05, 0.1) is 6.61 Å². The molecule has 0 aliphatic rings. The van der Waals surface area contributed by atoms with Gasteiger partial charge in [-0.25, -0.2) is 4.79 Å². The Balaban J connectivity index is 3.90. The lowest BCUT2D eigenvalue weighted by Crippen LogP contribution is -2.15. The molecule has 0 aromatic rings. The van der Waals surface area contributed by atoms with Crippen LogP contribution < -0.4 is 0 Å². The number of rotatable bonds is 7. The first-order valence-corrected chi connectivity index (χ1v) is 5.88. The molecule has 1 atom stereocenters. The van der Waals surface area contributed by atoms with Crippen molar-refractivity contribution in [2.45, 2.75) is 47.0 Å². The lowest BCUT2D eigenvalue weighted by molar-refractivity contribution is -0.153. The summed E-state index contributed by atoms with van der Waals surface area (Å²) in [4.78, 5) is 21.5. The summed E-state index contributed by atoms with van der Waals surface area (Å²) in [7, 11) is 0. The van der Waals surface area contributed by atoms with E-state index >= 15 is 0 Å². The highest BCUT2D eigenvalue weighted by molar-refractivity contribution is 6.32. The molecule has 0 amide bonds. The zero-order valence-corrected chi connectivity index (χ0v) is 10.7. The Morgan fingerprint density at radius 3 is 2.25 bits per heavy atom. The van der Waals surface area contributed by atoms with Gasteiger partial charge in [-0.15, -0.1) is 0 Å². The molecule has 16 heavy (non-hydrogen) atoms. The SMILES string of the molecule is CCC(=CC(C)CCOC(=O)C(C)=O)CC. The van der Waals surface area contributed by atoms with Gasteiger partial charge in [-0.2, -0.15) is 0 Å². The van der Waals surface area contributed by atoms with Crippen LogP contribution in [0.2, 0.25) is 0 Å². The minimum absolute atomic E-state index is 0.316. The van der Waals surface area contributed by atoms with E-state index in [0.717, 1.165) is 19.3 Å². The van der Waals surface area contributed by atoms with E-state index in [9.17, 15) is 9.59 Å². The highest BCUT2D eigenvalue weighted by Gasteiger charge is 2.09. The Hall–Kier alpha value is -1.12. The molecule has 0 aliphatic carbocycles. The fourth-order valence-corrected chi connectivity index (χ4v) is 1.41. The van der Waals surface area contributed by atoms with Gasteiger partial charge in [-0.3, -0.25) is 4.79 Å². The third kappa shape index (κ3) is 6.38. The molecular weight excluding hydrogens is 204 g/mol. The summed E-state index contributed by atoms with van der Waals surface area (Å²) < 4.78 is 4.81. The van der Waals surface area contributed by atoms with Crippen LogP contribution in [0.1, 0.15) is 47.0 Å². The number of ether oxygens (including phenoxy) is 1. The van der Waals surface area contributed by atoms with Crippen LogP contribution in [0, 0.1) is 5.92 Å². The van der Waals surface area contributed by atoms with Crippen LogP contribution in [-0.2, 0) is 14.3 Å². The molecule has 0 bridgehead atoms. The third-order valence-electron chi connectivity index (χ3n) is 2.52. The summed E-state index contributed by atoms with van der Waals surface area (Å²) in [5, 5.41) is 0. The van der Waals surface area contributed by atoms with E-state index in [1.165, 1.54) is 12.5 Å². The highest BCUT2D eigenvalue weighted by atomic mass is 16.5. The molecule has 0 aliphatic heterocycles. The van der Waals surface area contributed by atoms with Gasteiger partial charge < -0.3 is 4.74 Å². The highest BCUT2D eigenvalue weighted by Crippen LogP contribution is 2.13. The van der Waals surface area contributed by atoms with Crippen molar-refractivity contribution in [2.24, 2.45) is 5.92 Å². The maximum absolute atomic E-state index is 10.9. The summed E-state index contributed by atoms with van der Waals surface area (Å²) >= 11 is 0. The van der Waals surface area contributed by atoms with Crippen molar-refractivity contribution in [2.75, 3.05) is 6.61 Å². The van der Waals surface area contributed by atoms with E-state index in [1.54, 1.807) is 0 Å². The van der Waals surface area contributed by atoms with Crippen molar-refractivity contribution in [3.63, 3.8) is 0 Å². The Bertz CT molecular complexity index is 260. The maximum Gasteiger partial charge on any atom is 0.374 e. The average Bonchev–Trinajstić information content (AvgIpc) is 2.25. The summed E-state index contributed by atoms with van der Waals surface area (Å²) in [5.74, 6) is -0.886. The largest absolute Gasteiger partial charge is 0.460 e. The lowest BCUT2D eigenvalue weighted by Gasteiger charge is -2.09. The van der Waals surface area contributed by atoms with Gasteiger partial charge in [0.1, 0.15) is 0 Å². The third-order valence-corrected chi connectivity index (χ3v) is 2.52. The van der Waals surface area contributed by atoms with Crippen LogP contribution in [0.15, 0.2) is 11.6 Å². The minimum atomic E-state index is -0.734. The Morgan fingerprint density at radius 1 is 1.25 bits per heavy atom. The molecule has 0 N–H and O–H groups in total. The molecule has 0 saturated heterocycles. The fraction of sp³-hybridized carbons (Fsp3) is 0.692. The van der Waals surface area contributed by atoms with Gasteiger partial charge in [0.15, 0.2) is 0 Å². The van der Waals surface area contributed by atoms with Crippen molar-refractivity contribution in [1.29, 1.82) is 0 Å². The normalized spacial score (nSPS) is 11.8. The van der Waals surface area contributed by atoms with E-state index in [-0.39, 0.29) is 0 Å². The van der Waals surface area contributed by atoms with Crippen molar-refractivity contribution in [1.82, 2.24) is 0 Å². The molecule has 0 aromatic heterocycles. The summed E-state index contributed by atoms with van der Waals surface area (Å²) in [6, 6.07) is 0. The molecule has 0 heterocycles. The number of allylic oxidation sites excluding steroid dienone is 2. The first-order chi connectivity index (χ1) is 7.51. The number of esters is 1. The van der Waals surface area contributed by atoms with Crippen LogP contribution in [-0.4, -0.2) is 18.4 Å². The molecular formula is C13H22O3. The van der Waals surface area contributed by atoms with Crippen molar-refractivity contribution >= 4 is 11.8 Å². The number of carbonyl (C=O) groups excluding carboxylic acids is 2. The number of carbonyl (C=O) groups is 2. The van der Waals surface area contributed by atoms with Gasteiger partial charge in [0.2, 0.25) is 5.78 Å². The summed E-state index contributed by atoms with van der Waals surface area (Å²) in [6.45, 7) is 7.90. The van der Waals surface area contributed by atoms with E-state index in [2.05, 4.69) is 26.8 Å². The molecule has 0 saturated carbocycles. The van der Waals surface area contributed by atoms with Crippen molar-refractivity contribution in [3.8, 4) is 0 Å². The maximum atomic E-state index is 10.9. The Morgan fingerprint density at radius 2 is 1.81 bits per heavy atom. The minimum Gasteiger partial charge on any atom is -0.460 e. The Kier molecular flexibility index (Phi) is 7.52. The van der Waals surface area contributed by atoms with E-state index in [1.807, 2.05) is 0 Å². The Labute approximate surface area is 97.9 Å². The molecule has 0 radical (unpaired) electrons. The van der Waals surface area contributed by atoms with Crippen LogP contribution in [0.5, 0.6) is 0 Å². The standard InChI is InChI=1S/C13H22O3/c1-5-12(6-2)9-10(3)7-8-16-13(15)11(4)14/h9-10H,5-8H2,1-4H3. The van der Waals surface area contributed by atoms with Crippen LogP contribution in [0.25, 0.3) is 0 Å². The number of hydrogen-bond acceptors (Lipinski definition) is 3. The zero-order chi connectivity index (χ0) is 12.6. The second-order valence-electron chi connectivity index (χ2n) is 3.99. The molecule has 3 heteroatoms. The quantitative estimate of drug-likeness (QED) is 0.381. The smallest absolute Gasteiger partial charge is 0.374 e. The molecule has 0 aromatic carbocycles. The topological polar surface area (TPSA) is 43.4 Å². The molecule has 3 nitrogen and oxygen atoms in total. The molecule has 0 fully saturated rings. The predicted molar refractivity (Wildman–Crippen MR) is 64.1 cm³/mol.